The summed E-state index contributed by atoms with van der Waals surface area (Å²) in [7, 11) is 0. The minimum absolute atomic E-state index is 0. The molecule has 0 heterocycles. The van der Waals surface area contributed by atoms with E-state index in [2.05, 4.69) is 129 Å². The van der Waals surface area contributed by atoms with Gasteiger partial charge in [0, 0.05) is 0 Å². The van der Waals surface area contributed by atoms with Gasteiger partial charge in [-0.1, -0.05) is 95.6 Å². The van der Waals surface area contributed by atoms with Crippen LogP contribution >= 0.6 is 0 Å². The Morgan fingerprint density at radius 3 is 1.82 bits per heavy atom. The fraction of sp³-hybridized carbons (Fsp3) is 0.194. The van der Waals surface area contributed by atoms with Gasteiger partial charge in [-0.2, -0.15) is 29.8 Å². The minimum atomic E-state index is 0. The molecule has 39 heavy (non-hydrogen) atoms. The summed E-state index contributed by atoms with van der Waals surface area (Å²) in [6.45, 7) is 0. The molecule has 0 aliphatic heterocycles. The van der Waals surface area contributed by atoms with E-state index in [0.29, 0.717) is 0 Å². The second kappa shape index (κ2) is 15.9. The zero-order valence-electron chi connectivity index (χ0n) is 22.1. The van der Waals surface area contributed by atoms with Crippen LogP contribution in [0.3, 0.4) is 0 Å². The molecule has 4 aromatic rings. The van der Waals surface area contributed by atoms with Crippen molar-refractivity contribution in [3.05, 3.63) is 132 Å². The van der Waals surface area contributed by atoms with Crippen molar-refractivity contribution >= 4 is 3.81 Å². The molecular weight excluding hydrogens is 551 g/mol. The maximum Gasteiger partial charge on any atom is -0.0184 e. The van der Waals surface area contributed by atoms with Crippen LogP contribution in [-0.4, -0.2) is 3.81 Å². The van der Waals surface area contributed by atoms with Crippen LogP contribution in [0, 0.1) is 12.1 Å². The van der Waals surface area contributed by atoms with Gasteiger partial charge in [0.05, 0.1) is 0 Å². The van der Waals surface area contributed by atoms with Crippen LogP contribution < -0.4 is 24.8 Å². The van der Waals surface area contributed by atoms with E-state index in [0.717, 1.165) is 12.8 Å². The van der Waals surface area contributed by atoms with Gasteiger partial charge in [0.25, 0.3) is 0 Å². The van der Waals surface area contributed by atoms with Crippen LogP contribution in [0.2, 0.25) is 0 Å². The molecule has 7 rings (SSSR count). The van der Waals surface area contributed by atoms with E-state index in [1.165, 1.54) is 76.6 Å². The predicted octanol–water partition coefficient (Wildman–Crippen LogP) is 3.38. The normalized spacial score (nSPS) is 13.9. The largest absolute Gasteiger partial charge is 0.179 e. The Morgan fingerprint density at radius 2 is 1.28 bits per heavy atom. The summed E-state index contributed by atoms with van der Waals surface area (Å²) in [5, 5.41) is 0. The fourth-order valence-electron chi connectivity index (χ4n) is 5.01. The Kier molecular flexibility index (Phi) is 12.7. The van der Waals surface area contributed by atoms with E-state index in [9.17, 15) is 0 Å². The molecule has 196 valence electrons. The third kappa shape index (κ3) is 8.50. The zero-order chi connectivity index (χ0) is 25.3. The second-order valence-electron chi connectivity index (χ2n) is 9.73. The molecule has 3 aliphatic rings. The summed E-state index contributed by atoms with van der Waals surface area (Å²) in [6.07, 6.45) is 18.2. The van der Waals surface area contributed by atoms with Gasteiger partial charge < -0.3 is 24.8 Å². The summed E-state index contributed by atoms with van der Waals surface area (Å²) in [5.74, 6) is 0. The first kappa shape index (κ1) is 31.1. The van der Waals surface area contributed by atoms with Gasteiger partial charge in [0.15, 0.2) is 0 Å². The summed E-state index contributed by atoms with van der Waals surface area (Å²) in [4.78, 5) is 0. The van der Waals surface area contributed by atoms with Gasteiger partial charge in [-0.05, 0) is 17.5 Å². The van der Waals surface area contributed by atoms with Crippen LogP contribution in [0.25, 0.3) is 33.4 Å². The number of benzene rings is 4. The van der Waals surface area contributed by atoms with Crippen molar-refractivity contribution in [2.45, 2.75) is 44.9 Å². The van der Waals surface area contributed by atoms with Crippen LogP contribution in [0.15, 0.2) is 109 Å². The van der Waals surface area contributed by atoms with Crippen molar-refractivity contribution in [3.8, 4) is 33.4 Å². The van der Waals surface area contributed by atoms with Crippen LogP contribution in [-0.2, 0) is 26.4 Å². The maximum absolute atomic E-state index is 3.52. The van der Waals surface area contributed by atoms with Gasteiger partial charge >= 0.3 is 55.9 Å². The quantitative estimate of drug-likeness (QED) is 0.221. The van der Waals surface area contributed by atoms with Crippen molar-refractivity contribution in [1.82, 2.24) is 0 Å². The number of allylic oxidation sites excluding steroid dienone is 4. The third-order valence-electron chi connectivity index (χ3n) is 7.05. The minimum Gasteiger partial charge on any atom is -0.179 e. The third-order valence-corrected chi connectivity index (χ3v) is 7.83. The molecule has 0 unspecified atom stereocenters. The molecule has 0 atom stereocenters. The molecule has 0 bridgehead atoms. The molecule has 0 spiro atoms. The van der Waals surface area contributed by atoms with E-state index < -0.39 is 0 Å². The van der Waals surface area contributed by atoms with Crippen molar-refractivity contribution in [2.24, 2.45) is 0 Å². The van der Waals surface area contributed by atoms with Gasteiger partial charge in [0.2, 0.25) is 0 Å². The number of halogens is 2. The standard InChI is InChI=1S/C25H17.C6H10.C5H5.2ClH.Ti/c1-3-7-18(8-4-1)20-11-13-22-15-23-14-12-21(17-25(23)24(22)16-20)19-9-5-2-6-10-19;1-2-4-6-5-3-1;1-2-4-5-3-1;;;/h1-13,16-17H,15H2;1-5H2;1-3H,4H2;2*1H;/q-1;;-1;;;+2/p-2. The van der Waals surface area contributed by atoms with E-state index >= 15 is 0 Å². The molecule has 4 aromatic carbocycles. The van der Waals surface area contributed by atoms with Gasteiger partial charge in [-0.3, -0.25) is 6.08 Å². The summed E-state index contributed by atoms with van der Waals surface area (Å²) < 4.78 is 1.71. The molecule has 1 saturated carbocycles. The Balaban J connectivity index is 0.000000250. The summed E-state index contributed by atoms with van der Waals surface area (Å²) in [6, 6.07) is 35.9. The van der Waals surface area contributed by atoms with Crippen molar-refractivity contribution in [1.29, 1.82) is 0 Å². The summed E-state index contributed by atoms with van der Waals surface area (Å²) >= 11 is 2.28. The predicted molar refractivity (Wildman–Crippen MR) is 154 cm³/mol. The first-order chi connectivity index (χ1) is 18.3. The van der Waals surface area contributed by atoms with E-state index in [-0.39, 0.29) is 24.8 Å². The summed E-state index contributed by atoms with van der Waals surface area (Å²) in [5.41, 5.74) is 10.4. The van der Waals surface area contributed by atoms with Crippen LogP contribution in [0.1, 0.15) is 49.7 Å². The molecular formula is C36H32Cl2Ti-2. The average molecular weight is 583 g/mol. The average Bonchev–Trinajstić information content (AvgIpc) is 3.66. The van der Waals surface area contributed by atoms with Crippen molar-refractivity contribution < 1.29 is 44.8 Å². The number of fused-ring (bicyclic) bond motifs is 3. The molecule has 0 aromatic heterocycles. The van der Waals surface area contributed by atoms with E-state index in [4.69, 9.17) is 0 Å². The molecule has 0 saturated heterocycles. The number of rotatable bonds is 2. The monoisotopic (exact) mass is 582 g/mol. The first-order valence-electron chi connectivity index (χ1n) is 13.3. The molecule has 3 heteroatoms. The van der Waals surface area contributed by atoms with Crippen LogP contribution in [0.5, 0.6) is 0 Å². The molecule has 0 amide bonds. The number of hydrogen-bond acceptors (Lipinski definition) is 0. The zero-order valence-corrected chi connectivity index (χ0v) is 25.2. The number of hydrogen-bond donors (Lipinski definition) is 0. The Bertz CT molecular complexity index is 1300. The van der Waals surface area contributed by atoms with Gasteiger partial charge in [-0.15, -0.1) is 17.5 Å². The maximum atomic E-state index is 3.52. The van der Waals surface area contributed by atoms with Crippen molar-refractivity contribution in [2.75, 3.05) is 0 Å². The molecule has 0 radical (unpaired) electrons. The second-order valence-corrected chi connectivity index (χ2v) is 10.8. The fourth-order valence-corrected chi connectivity index (χ4v) is 5.56. The van der Waals surface area contributed by atoms with Gasteiger partial charge in [-0.25, -0.2) is 12.2 Å². The smallest absolute Gasteiger partial charge is 0.0184 e. The molecule has 1 fully saturated rings. The van der Waals surface area contributed by atoms with Crippen molar-refractivity contribution in [3.63, 3.8) is 0 Å². The molecule has 0 N–H and O–H groups in total. The molecule has 0 nitrogen and oxygen atoms in total. The topological polar surface area (TPSA) is 0 Å². The van der Waals surface area contributed by atoms with E-state index in [1.807, 2.05) is 12.2 Å². The molecule has 3 aliphatic carbocycles. The van der Waals surface area contributed by atoms with Crippen LogP contribution in [0.4, 0.5) is 0 Å². The Labute approximate surface area is 258 Å². The first-order valence-corrected chi connectivity index (χ1v) is 14.1. The Hall–Kier alpha value is -2.48. The van der Waals surface area contributed by atoms with Gasteiger partial charge in [0.1, 0.15) is 0 Å². The Morgan fingerprint density at radius 1 is 0.641 bits per heavy atom. The van der Waals surface area contributed by atoms with E-state index in [1.54, 1.807) is 3.81 Å². The SMILES string of the molecule is [C-]1=CC=CC1.[Cl-].[Cl-].[Ti+2]=[C]1CCCCC1.[c-]1cc(-c2ccccc2)cc2c1Cc1ccc(-c3ccccc3)cc1-2.